The summed E-state index contributed by atoms with van der Waals surface area (Å²) in [6.07, 6.45) is 0.474. The number of hydrogen-bond acceptors (Lipinski definition) is 4. The maximum Gasteiger partial charge on any atom is 0.251 e. The van der Waals surface area contributed by atoms with Crippen molar-refractivity contribution in [2.75, 3.05) is 12.8 Å². The molecule has 0 atom stereocenters. The number of amides is 1. The van der Waals surface area contributed by atoms with Gasteiger partial charge in [0.05, 0.1) is 10.0 Å². The standard InChI is InChI=1S/C17H15Cl2N5O/c1-21-16(25)11-4-2-3-10(8-11)15-12(18)5-9(6-13(15)19)7-14-22-17(20)24-23-14/h2-6,8H,7H2,1H3,(H,21,25)(H3,20,22,23,24). The van der Waals surface area contributed by atoms with Crippen molar-refractivity contribution in [3.05, 3.63) is 63.4 Å². The number of aromatic amines is 1. The lowest BCUT2D eigenvalue weighted by atomic mass is 10.00. The number of aromatic nitrogens is 3. The Labute approximate surface area is 154 Å². The van der Waals surface area contributed by atoms with Gasteiger partial charge in [0, 0.05) is 24.6 Å². The summed E-state index contributed by atoms with van der Waals surface area (Å²) in [6.45, 7) is 0. The van der Waals surface area contributed by atoms with Gasteiger partial charge in [-0.05, 0) is 35.4 Å². The number of benzene rings is 2. The molecule has 4 N–H and O–H groups in total. The van der Waals surface area contributed by atoms with E-state index in [0.29, 0.717) is 33.4 Å². The number of hydrogen-bond donors (Lipinski definition) is 3. The van der Waals surface area contributed by atoms with Crippen LogP contribution < -0.4 is 11.1 Å². The van der Waals surface area contributed by atoms with E-state index in [-0.39, 0.29) is 11.9 Å². The summed E-state index contributed by atoms with van der Waals surface area (Å²) in [5.74, 6) is 0.641. The maximum atomic E-state index is 11.8. The van der Waals surface area contributed by atoms with Crippen LogP contribution in [0.2, 0.25) is 10.0 Å². The maximum absolute atomic E-state index is 11.8. The topological polar surface area (TPSA) is 96.7 Å². The summed E-state index contributed by atoms with van der Waals surface area (Å²) in [5, 5.41) is 10.1. The van der Waals surface area contributed by atoms with E-state index in [1.807, 2.05) is 18.2 Å². The van der Waals surface area contributed by atoms with Gasteiger partial charge in [0.2, 0.25) is 5.95 Å². The SMILES string of the molecule is CNC(=O)c1cccc(-c2c(Cl)cc(Cc3nc(N)n[nH]3)cc2Cl)c1. The Bertz CT molecular complexity index is 915. The molecule has 0 saturated heterocycles. The molecule has 3 rings (SSSR count). The molecule has 1 aromatic heterocycles. The number of nitrogen functional groups attached to an aromatic ring is 1. The fourth-order valence-electron chi connectivity index (χ4n) is 2.55. The quantitative estimate of drug-likeness (QED) is 0.651. The molecule has 6 nitrogen and oxygen atoms in total. The highest BCUT2D eigenvalue weighted by molar-refractivity contribution is 6.39. The van der Waals surface area contributed by atoms with E-state index >= 15 is 0 Å². The van der Waals surface area contributed by atoms with E-state index in [4.69, 9.17) is 28.9 Å². The Kier molecular flexibility index (Phi) is 4.92. The molecule has 0 aliphatic rings. The summed E-state index contributed by atoms with van der Waals surface area (Å²) >= 11 is 12.9. The predicted molar refractivity (Wildman–Crippen MR) is 98.9 cm³/mol. The van der Waals surface area contributed by atoms with Crippen LogP contribution in [0, 0.1) is 0 Å². The number of nitrogens with zero attached hydrogens (tertiary/aromatic N) is 2. The Balaban J connectivity index is 1.96. The molecule has 1 amide bonds. The first-order valence-electron chi connectivity index (χ1n) is 7.45. The molecular formula is C17H15Cl2N5O. The Morgan fingerprint density at radius 3 is 2.56 bits per heavy atom. The van der Waals surface area contributed by atoms with Crippen molar-refractivity contribution < 1.29 is 4.79 Å². The normalized spacial score (nSPS) is 10.7. The molecule has 0 radical (unpaired) electrons. The van der Waals surface area contributed by atoms with Crippen molar-refractivity contribution in [3.63, 3.8) is 0 Å². The lowest BCUT2D eigenvalue weighted by molar-refractivity contribution is 0.0963. The molecule has 1 heterocycles. The minimum atomic E-state index is -0.173. The lowest BCUT2D eigenvalue weighted by Gasteiger charge is -2.11. The summed E-state index contributed by atoms with van der Waals surface area (Å²) < 4.78 is 0. The van der Waals surface area contributed by atoms with E-state index in [1.165, 1.54) is 0 Å². The second kappa shape index (κ2) is 7.13. The minimum absolute atomic E-state index is 0.173. The zero-order valence-corrected chi connectivity index (χ0v) is 14.8. The number of nitrogens with one attached hydrogen (secondary N) is 2. The van der Waals surface area contributed by atoms with Gasteiger partial charge in [0.25, 0.3) is 5.91 Å². The van der Waals surface area contributed by atoms with Crippen LogP contribution in [0.4, 0.5) is 5.95 Å². The molecular weight excluding hydrogens is 361 g/mol. The molecule has 0 unspecified atom stereocenters. The molecule has 0 bridgehead atoms. The van der Waals surface area contributed by atoms with Crippen LogP contribution in [0.3, 0.4) is 0 Å². The first-order valence-corrected chi connectivity index (χ1v) is 8.20. The average Bonchev–Trinajstić information content (AvgIpc) is 2.98. The Morgan fingerprint density at radius 1 is 1.24 bits per heavy atom. The Hall–Kier alpha value is -2.57. The fraction of sp³-hybridized carbons (Fsp3) is 0.118. The van der Waals surface area contributed by atoms with Crippen molar-refractivity contribution >= 4 is 35.1 Å². The molecule has 128 valence electrons. The zero-order valence-electron chi connectivity index (χ0n) is 13.3. The average molecular weight is 376 g/mol. The highest BCUT2D eigenvalue weighted by Crippen LogP contribution is 2.36. The van der Waals surface area contributed by atoms with Crippen molar-refractivity contribution in [1.29, 1.82) is 0 Å². The summed E-state index contributed by atoms with van der Waals surface area (Å²) in [7, 11) is 1.58. The van der Waals surface area contributed by atoms with Gasteiger partial charge in [-0.2, -0.15) is 4.98 Å². The number of nitrogens with two attached hydrogens (primary N) is 1. The monoisotopic (exact) mass is 375 g/mol. The van der Waals surface area contributed by atoms with E-state index in [1.54, 1.807) is 25.2 Å². The van der Waals surface area contributed by atoms with Gasteiger partial charge >= 0.3 is 0 Å². The molecule has 0 saturated carbocycles. The van der Waals surface area contributed by atoms with Crippen LogP contribution in [-0.4, -0.2) is 28.1 Å². The molecule has 25 heavy (non-hydrogen) atoms. The van der Waals surface area contributed by atoms with Crippen molar-refractivity contribution in [3.8, 4) is 11.1 Å². The summed E-state index contributed by atoms with van der Waals surface area (Å²) in [6, 6.07) is 10.8. The third kappa shape index (κ3) is 3.75. The Morgan fingerprint density at radius 2 is 1.96 bits per heavy atom. The second-order valence-corrected chi connectivity index (χ2v) is 6.23. The van der Waals surface area contributed by atoms with E-state index in [2.05, 4.69) is 20.5 Å². The predicted octanol–water partition coefficient (Wildman–Crippen LogP) is 3.31. The van der Waals surface area contributed by atoms with Crippen LogP contribution in [0.15, 0.2) is 36.4 Å². The first kappa shape index (κ1) is 17.3. The second-order valence-electron chi connectivity index (χ2n) is 5.41. The van der Waals surface area contributed by atoms with E-state index < -0.39 is 0 Å². The van der Waals surface area contributed by atoms with Crippen LogP contribution in [-0.2, 0) is 6.42 Å². The van der Waals surface area contributed by atoms with Gasteiger partial charge in [0.15, 0.2) is 0 Å². The minimum Gasteiger partial charge on any atom is -0.367 e. The third-order valence-electron chi connectivity index (χ3n) is 3.66. The molecule has 0 aliphatic heterocycles. The lowest BCUT2D eigenvalue weighted by Crippen LogP contribution is -2.17. The van der Waals surface area contributed by atoms with Gasteiger partial charge in [-0.15, -0.1) is 5.10 Å². The molecule has 0 spiro atoms. The summed E-state index contributed by atoms with van der Waals surface area (Å²) in [4.78, 5) is 15.9. The highest BCUT2D eigenvalue weighted by Gasteiger charge is 2.14. The molecule has 3 aromatic rings. The van der Waals surface area contributed by atoms with Gasteiger partial charge in [-0.25, -0.2) is 0 Å². The van der Waals surface area contributed by atoms with Crippen LogP contribution in [0.25, 0.3) is 11.1 Å². The molecule has 0 aliphatic carbocycles. The number of anilines is 1. The number of carbonyl (C=O) groups excluding carboxylic acids is 1. The number of halogens is 2. The van der Waals surface area contributed by atoms with Crippen LogP contribution in [0.5, 0.6) is 0 Å². The van der Waals surface area contributed by atoms with Gasteiger partial charge < -0.3 is 11.1 Å². The number of rotatable bonds is 4. The largest absolute Gasteiger partial charge is 0.367 e. The van der Waals surface area contributed by atoms with E-state index in [0.717, 1.165) is 11.1 Å². The van der Waals surface area contributed by atoms with Crippen molar-refractivity contribution in [2.45, 2.75) is 6.42 Å². The van der Waals surface area contributed by atoms with E-state index in [9.17, 15) is 4.79 Å². The highest BCUT2D eigenvalue weighted by atomic mass is 35.5. The van der Waals surface area contributed by atoms with Crippen LogP contribution >= 0.6 is 23.2 Å². The van der Waals surface area contributed by atoms with Crippen molar-refractivity contribution in [2.24, 2.45) is 0 Å². The molecule has 0 fully saturated rings. The first-order chi connectivity index (χ1) is 12.0. The molecule has 8 heteroatoms. The van der Waals surface area contributed by atoms with Gasteiger partial charge in [0.1, 0.15) is 5.82 Å². The number of H-pyrrole nitrogens is 1. The van der Waals surface area contributed by atoms with Gasteiger partial charge in [-0.3, -0.25) is 9.89 Å². The summed E-state index contributed by atoms with van der Waals surface area (Å²) in [5.41, 5.74) is 8.36. The third-order valence-corrected chi connectivity index (χ3v) is 4.26. The smallest absolute Gasteiger partial charge is 0.251 e. The number of carbonyl (C=O) groups is 1. The van der Waals surface area contributed by atoms with Crippen molar-refractivity contribution in [1.82, 2.24) is 20.5 Å². The molecule has 2 aromatic carbocycles. The van der Waals surface area contributed by atoms with Crippen LogP contribution in [0.1, 0.15) is 21.7 Å². The van der Waals surface area contributed by atoms with Gasteiger partial charge in [-0.1, -0.05) is 35.3 Å². The zero-order chi connectivity index (χ0) is 18.0. The fourth-order valence-corrected chi connectivity index (χ4v) is 3.30.